The molecule has 0 spiro atoms. The summed E-state index contributed by atoms with van der Waals surface area (Å²) in [6.45, 7) is 3.56. The summed E-state index contributed by atoms with van der Waals surface area (Å²) in [5, 5.41) is 6.70. The summed E-state index contributed by atoms with van der Waals surface area (Å²) in [4.78, 5) is 22.6. The van der Waals surface area contributed by atoms with Gasteiger partial charge in [-0.3, -0.25) is 9.59 Å². The van der Waals surface area contributed by atoms with Crippen molar-refractivity contribution >= 4 is 34.3 Å². The average molecular weight is 289 g/mol. The second kappa shape index (κ2) is 6.91. The smallest absolute Gasteiger partial charge is 0.283 e. The van der Waals surface area contributed by atoms with Crippen molar-refractivity contribution in [2.24, 2.45) is 5.10 Å². The first-order valence-electron chi connectivity index (χ1n) is 6.19. The number of carbonyl (C=O) groups excluding carboxylic acids is 2. The van der Waals surface area contributed by atoms with Gasteiger partial charge in [-0.15, -0.1) is 6.58 Å². The number of amides is 2. The minimum absolute atomic E-state index is 0.0584. The number of hydrazone groups is 1. The number of nitrogens with one attached hydrogen (secondary N) is 2. The monoisotopic (exact) mass is 289 g/mol. The van der Waals surface area contributed by atoms with E-state index in [0.717, 1.165) is 28.7 Å². The highest BCUT2D eigenvalue weighted by Gasteiger charge is 2.13. The first-order chi connectivity index (χ1) is 9.69. The molecule has 5 nitrogen and oxygen atoms in total. The van der Waals surface area contributed by atoms with Crippen LogP contribution in [0.4, 0.5) is 10.5 Å². The van der Waals surface area contributed by atoms with Crippen LogP contribution in [0.25, 0.3) is 0 Å². The van der Waals surface area contributed by atoms with Gasteiger partial charge in [-0.2, -0.15) is 5.10 Å². The number of rotatable bonds is 4. The van der Waals surface area contributed by atoms with Crippen LogP contribution in [0.1, 0.15) is 18.4 Å². The Kier molecular flexibility index (Phi) is 4.95. The Hall–Kier alpha value is -2.08. The van der Waals surface area contributed by atoms with Crippen molar-refractivity contribution in [3.8, 4) is 0 Å². The van der Waals surface area contributed by atoms with E-state index in [1.54, 1.807) is 6.08 Å². The zero-order valence-corrected chi connectivity index (χ0v) is 11.7. The van der Waals surface area contributed by atoms with E-state index in [4.69, 9.17) is 0 Å². The van der Waals surface area contributed by atoms with Gasteiger partial charge in [0.1, 0.15) is 0 Å². The number of hydrogen-bond acceptors (Lipinski definition) is 4. The van der Waals surface area contributed by atoms with Crippen LogP contribution in [0.5, 0.6) is 0 Å². The summed E-state index contributed by atoms with van der Waals surface area (Å²) in [5.74, 6) is 0.525. The van der Waals surface area contributed by atoms with Gasteiger partial charge in [0.25, 0.3) is 5.24 Å². The Bertz CT molecular complexity index is 552. The van der Waals surface area contributed by atoms with Crippen LogP contribution in [-0.2, 0) is 4.79 Å². The van der Waals surface area contributed by atoms with Crippen LogP contribution in [0.15, 0.2) is 42.0 Å². The van der Waals surface area contributed by atoms with Crippen LogP contribution in [0.2, 0.25) is 0 Å². The predicted octanol–water partition coefficient (Wildman–Crippen LogP) is 2.75. The minimum atomic E-state index is -0.111. The molecule has 1 aromatic rings. The van der Waals surface area contributed by atoms with E-state index in [-0.39, 0.29) is 11.1 Å². The molecule has 1 aromatic carbocycles. The van der Waals surface area contributed by atoms with Gasteiger partial charge in [0.2, 0.25) is 5.91 Å². The van der Waals surface area contributed by atoms with Crippen molar-refractivity contribution in [2.75, 3.05) is 11.1 Å². The van der Waals surface area contributed by atoms with Gasteiger partial charge in [0.15, 0.2) is 0 Å². The zero-order valence-electron chi connectivity index (χ0n) is 10.9. The summed E-state index contributed by atoms with van der Waals surface area (Å²) >= 11 is 1.16. The first-order valence-corrected chi connectivity index (χ1v) is 7.18. The van der Waals surface area contributed by atoms with Crippen LogP contribution in [0.3, 0.4) is 0 Å². The number of hydrogen-bond donors (Lipinski definition) is 2. The molecule has 6 heteroatoms. The maximum atomic E-state index is 11.5. The molecule has 0 fully saturated rings. The van der Waals surface area contributed by atoms with E-state index in [1.807, 2.05) is 24.3 Å². The topological polar surface area (TPSA) is 70.6 Å². The lowest BCUT2D eigenvalue weighted by Crippen LogP contribution is -2.25. The van der Waals surface area contributed by atoms with Crippen molar-refractivity contribution in [1.82, 2.24) is 5.43 Å². The number of thioether (sulfide) groups is 1. The van der Waals surface area contributed by atoms with Crippen LogP contribution < -0.4 is 10.7 Å². The van der Waals surface area contributed by atoms with E-state index < -0.39 is 0 Å². The summed E-state index contributed by atoms with van der Waals surface area (Å²) in [5.41, 5.74) is 5.00. The summed E-state index contributed by atoms with van der Waals surface area (Å²) in [7, 11) is 0. The molecule has 0 bridgehead atoms. The van der Waals surface area contributed by atoms with Crippen molar-refractivity contribution < 1.29 is 9.59 Å². The van der Waals surface area contributed by atoms with Gasteiger partial charge in [-0.25, -0.2) is 5.43 Å². The average Bonchev–Trinajstić information content (AvgIpc) is 2.47. The molecule has 1 aliphatic rings. The van der Waals surface area contributed by atoms with Crippen LogP contribution in [0, 0.1) is 0 Å². The third kappa shape index (κ3) is 3.96. The SMILES string of the molecule is C=CCSC(=O)Nc1ccc(C2=NNC(=O)CC2)cc1. The summed E-state index contributed by atoms with van der Waals surface area (Å²) in [6, 6.07) is 7.40. The largest absolute Gasteiger partial charge is 0.317 e. The number of carbonyl (C=O) groups is 2. The van der Waals surface area contributed by atoms with Crippen LogP contribution >= 0.6 is 11.8 Å². The van der Waals surface area contributed by atoms with Crippen molar-refractivity contribution in [3.63, 3.8) is 0 Å². The Morgan fingerprint density at radius 2 is 2.15 bits per heavy atom. The fraction of sp³-hybridized carbons (Fsp3) is 0.214. The minimum Gasteiger partial charge on any atom is -0.317 e. The quantitative estimate of drug-likeness (QED) is 0.837. The Balaban J connectivity index is 1.98. The lowest BCUT2D eigenvalue weighted by molar-refractivity contribution is -0.121. The maximum Gasteiger partial charge on any atom is 0.283 e. The molecule has 2 amide bonds. The fourth-order valence-electron chi connectivity index (χ4n) is 1.72. The normalized spacial score (nSPS) is 14.2. The molecule has 2 N–H and O–H groups in total. The van der Waals surface area contributed by atoms with Gasteiger partial charge in [0.05, 0.1) is 5.71 Å². The zero-order chi connectivity index (χ0) is 14.4. The lowest BCUT2D eigenvalue weighted by atomic mass is 10.0. The van der Waals surface area contributed by atoms with Gasteiger partial charge in [-0.1, -0.05) is 30.0 Å². The molecule has 104 valence electrons. The molecule has 0 saturated carbocycles. The Morgan fingerprint density at radius 1 is 1.40 bits per heavy atom. The molecule has 0 saturated heterocycles. The molecule has 0 atom stereocenters. The third-order valence-corrected chi connectivity index (χ3v) is 3.47. The van der Waals surface area contributed by atoms with Gasteiger partial charge < -0.3 is 5.32 Å². The highest BCUT2D eigenvalue weighted by Crippen LogP contribution is 2.16. The van der Waals surface area contributed by atoms with E-state index in [1.165, 1.54) is 0 Å². The molecule has 1 heterocycles. The Labute approximate surface area is 121 Å². The fourth-order valence-corrected chi connectivity index (χ4v) is 2.18. The predicted molar refractivity (Wildman–Crippen MR) is 82.0 cm³/mol. The first kappa shape index (κ1) is 14.3. The second-order valence-electron chi connectivity index (χ2n) is 4.18. The van der Waals surface area contributed by atoms with E-state index in [9.17, 15) is 9.59 Å². The van der Waals surface area contributed by atoms with Crippen molar-refractivity contribution in [2.45, 2.75) is 12.8 Å². The van der Waals surface area contributed by atoms with Crippen molar-refractivity contribution in [1.29, 1.82) is 0 Å². The molecule has 1 aliphatic heterocycles. The molecule has 0 unspecified atom stereocenters. The summed E-state index contributed by atoms with van der Waals surface area (Å²) < 4.78 is 0. The summed E-state index contributed by atoms with van der Waals surface area (Å²) in [6.07, 6.45) is 2.77. The molecule has 2 rings (SSSR count). The van der Waals surface area contributed by atoms with E-state index in [0.29, 0.717) is 18.6 Å². The second-order valence-corrected chi connectivity index (χ2v) is 5.18. The highest BCUT2D eigenvalue weighted by atomic mass is 32.2. The van der Waals surface area contributed by atoms with E-state index >= 15 is 0 Å². The molecular formula is C14H15N3O2S. The highest BCUT2D eigenvalue weighted by molar-refractivity contribution is 8.14. The van der Waals surface area contributed by atoms with Crippen LogP contribution in [-0.4, -0.2) is 22.6 Å². The third-order valence-electron chi connectivity index (χ3n) is 2.70. The van der Waals surface area contributed by atoms with Gasteiger partial charge in [0, 0.05) is 24.3 Å². The molecule has 0 aromatic heterocycles. The standard InChI is InChI=1S/C14H15N3O2S/c1-2-9-20-14(19)15-11-5-3-10(4-6-11)12-7-8-13(18)17-16-12/h2-6H,1,7-9H2,(H,15,19)(H,17,18). The maximum absolute atomic E-state index is 11.5. The number of benzene rings is 1. The van der Waals surface area contributed by atoms with Gasteiger partial charge in [-0.05, 0) is 17.7 Å². The lowest BCUT2D eigenvalue weighted by Gasteiger charge is -2.12. The van der Waals surface area contributed by atoms with Crippen molar-refractivity contribution in [3.05, 3.63) is 42.5 Å². The van der Waals surface area contributed by atoms with Gasteiger partial charge >= 0.3 is 0 Å². The molecule has 0 aliphatic carbocycles. The Morgan fingerprint density at radius 3 is 2.75 bits per heavy atom. The number of nitrogens with zero attached hydrogens (tertiary/aromatic N) is 1. The molecule has 20 heavy (non-hydrogen) atoms. The van der Waals surface area contributed by atoms with E-state index in [2.05, 4.69) is 22.4 Å². The molecular weight excluding hydrogens is 274 g/mol. The number of anilines is 1. The molecule has 0 radical (unpaired) electrons.